The lowest BCUT2D eigenvalue weighted by atomic mass is 9.83. The van der Waals surface area contributed by atoms with Crippen LogP contribution in [0.5, 0.6) is 0 Å². The minimum Gasteiger partial charge on any atom is -0.313 e. The molecule has 0 spiro atoms. The average Bonchev–Trinajstić information content (AvgIpc) is 2.92. The molecule has 2 fully saturated rings. The second-order valence-electron chi connectivity index (χ2n) is 5.44. The minimum absolute atomic E-state index is 0.849. The molecule has 1 N–H and O–H groups in total. The van der Waals surface area contributed by atoms with E-state index < -0.39 is 0 Å². The second-order valence-corrected chi connectivity index (χ2v) is 5.44. The molecule has 0 amide bonds. The Bertz CT molecular complexity index is 178. The highest BCUT2D eigenvalue weighted by Gasteiger charge is 2.33. The molecule has 2 saturated carbocycles. The summed E-state index contributed by atoms with van der Waals surface area (Å²) in [5.74, 6) is 2.98. The normalized spacial score (nSPS) is 42.4. The summed E-state index contributed by atoms with van der Waals surface area (Å²) in [7, 11) is 0. The molecule has 0 bridgehead atoms. The van der Waals surface area contributed by atoms with Crippen LogP contribution in [0, 0.1) is 17.8 Å². The Morgan fingerprint density at radius 1 is 1.14 bits per heavy atom. The number of hydrogen-bond donors (Lipinski definition) is 1. The van der Waals surface area contributed by atoms with E-state index in [0.717, 1.165) is 23.8 Å². The van der Waals surface area contributed by atoms with Gasteiger partial charge in [0, 0.05) is 6.04 Å². The highest BCUT2D eigenvalue weighted by molar-refractivity contribution is 4.87. The van der Waals surface area contributed by atoms with E-state index in [1.165, 1.54) is 45.1 Å². The first-order valence-electron chi connectivity index (χ1n) is 6.54. The summed E-state index contributed by atoms with van der Waals surface area (Å²) in [5, 5.41) is 3.81. The van der Waals surface area contributed by atoms with Crippen molar-refractivity contribution in [3.8, 4) is 0 Å². The van der Waals surface area contributed by atoms with E-state index in [4.69, 9.17) is 0 Å². The lowest BCUT2D eigenvalue weighted by molar-refractivity contribution is 0.253. The summed E-state index contributed by atoms with van der Waals surface area (Å²) in [6.07, 6.45) is 8.66. The van der Waals surface area contributed by atoms with Gasteiger partial charge in [0.05, 0.1) is 0 Å². The minimum atomic E-state index is 0.849. The molecule has 0 saturated heterocycles. The maximum Gasteiger partial charge on any atom is 0.00953 e. The maximum atomic E-state index is 3.81. The highest BCUT2D eigenvalue weighted by atomic mass is 14.9. The lowest BCUT2D eigenvalue weighted by Crippen LogP contribution is -2.39. The molecule has 0 aliphatic heterocycles. The lowest BCUT2D eigenvalue weighted by Gasteiger charge is -2.31. The summed E-state index contributed by atoms with van der Waals surface area (Å²) in [5.41, 5.74) is 0. The Kier molecular flexibility index (Phi) is 3.48. The Hall–Kier alpha value is -0.0400. The molecule has 4 unspecified atom stereocenters. The quantitative estimate of drug-likeness (QED) is 0.726. The van der Waals surface area contributed by atoms with Gasteiger partial charge in [0.2, 0.25) is 0 Å². The van der Waals surface area contributed by atoms with Gasteiger partial charge in [-0.05, 0) is 43.6 Å². The Morgan fingerprint density at radius 2 is 1.86 bits per heavy atom. The zero-order valence-corrected chi connectivity index (χ0v) is 9.76. The zero-order valence-electron chi connectivity index (χ0n) is 9.76. The fourth-order valence-electron chi connectivity index (χ4n) is 2.95. The van der Waals surface area contributed by atoms with Gasteiger partial charge in [0.1, 0.15) is 0 Å². The van der Waals surface area contributed by atoms with E-state index in [9.17, 15) is 0 Å². The summed E-state index contributed by atoms with van der Waals surface area (Å²) in [6.45, 7) is 6.03. The first kappa shape index (κ1) is 10.5. The molecular weight excluding hydrogens is 170 g/mol. The van der Waals surface area contributed by atoms with Gasteiger partial charge in [0.25, 0.3) is 0 Å². The third-order valence-electron chi connectivity index (χ3n) is 4.35. The van der Waals surface area contributed by atoms with Gasteiger partial charge in [-0.2, -0.15) is 0 Å². The number of hydrogen-bond acceptors (Lipinski definition) is 1. The third kappa shape index (κ3) is 2.50. The van der Waals surface area contributed by atoms with Crippen LogP contribution in [-0.2, 0) is 0 Å². The van der Waals surface area contributed by atoms with Crippen LogP contribution in [0.1, 0.15) is 52.4 Å². The fraction of sp³-hybridized carbons (Fsp3) is 1.00. The van der Waals surface area contributed by atoms with E-state index in [0.29, 0.717) is 0 Å². The summed E-state index contributed by atoms with van der Waals surface area (Å²) in [4.78, 5) is 0. The van der Waals surface area contributed by atoms with E-state index in [1.807, 2.05) is 0 Å². The van der Waals surface area contributed by atoms with Crippen LogP contribution in [0.4, 0.5) is 0 Å². The molecule has 2 aliphatic rings. The van der Waals surface area contributed by atoms with Crippen molar-refractivity contribution in [2.45, 2.75) is 58.4 Å². The van der Waals surface area contributed by atoms with E-state index in [1.54, 1.807) is 0 Å². The van der Waals surface area contributed by atoms with Gasteiger partial charge in [0.15, 0.2) is 0 Å². The first-order valence-corrected chi connectivity index (χ1v) is 6.54. The molecule has 0 radical (unpaired) electrons. The van der Waals surface area contributed by atoms with Crippen molar-refractivity contribution in [2.75, 3.05) is 6.54 Å². The molecule has 14 heavy (non-hydrogen) atoms. The molecule has 82 valence electrons. The molecular formula is C13H25N. The van der Waals surface area contributed by atoms with Crippen molar-refractivity contribution in [2.24, 2.45) is 17.8 Å². The van der Waals surface area contributed by atoms with Gasteiger partial charge in [-0.15, -0.1) is 0 Å². The number of rotatable bonds is 4. The standard InChI is InChI=1S/C13H25N/c1-3-11-6-4-5-7-13(11)14-9-12-8-10(12)2/h10-14H,3-9H2,1-2H3. The van der Waals surface area contributed by atoms with Crippen molar-refractivity contribution in [1.29, 1.82) is 0 Å². The fourth-order valence-corrected chi connectivity index (χ4v) is 2.95. The molecule has 1 heteroatoms. The first-order chi connectivity index (χ1) is 6.81. The molecule has 0 heterocycles. The highest BCUT2D eigenvalue weighted by Crippen LogP contribution is 2.37. The molecule has 1 nitrogen and oxygen atoms in total. The second kappa shape index (κ2) is 4.65. The van der Waals surface area contributed by atoms with Gasteiger partial charge in [-0.3, -0.25) is 0 Å². The van der Waals surface area contributed by atoms with Crippen LogP contribution in [0.15, 0.2) is 0 Å². The Morgan fingerprint density at radius 3 is 2.50 bits per heavy atom. The van der Waals surface area contributed by atoms with Crippen LogP contribution in [0.3, 0.4) is 0 Å². The molecule has 0 aromatic heterocycles. The van der Waals surface area contributed by atoms with Crippen molar-refractivity contribution in [1.82, 2.24) is 5.32 Å². The SMILES string of the molecule is CCC1CCCCC1NCC1CC1C. The van der Waals surface area contributed by atoms with Crippen LogP contribution < -0.4 is 5.32 Å². The Balaban J connectivity index is 1.71. The van der Waals surface area contributed by atoms with E-state index in [2.05, 4.69) is 19.2 Å². The van der Waals surface area contributed by atoms with Gasteiger partial charge < -0.3 is 5.32 Å². The summed E-state index contributed by atoms with van der Waals surface area (Å²) >= 11 is 0. The molecule has 2 aliphatic carbocycles. The van der Waals surface area contributed by atoms with Crippen LogP contribution >= 0.6 is 0 Å². The predicted molar refractivity (Wildman–Crippen MR) is 61.3 cm³/mol. The monoisotopic (exact) mass is 195 g/mol. The third-order valence-corrected chi connectivity index (χ3v) is 4.35. The van der Waals surface area contributed by atoms with Crippen molar-refractivity contribution < 1.29 is 0 Å². The molecule has 0 aromatic carbocycles. The van der Waals surface area contributed by atoms with Gasteiger partial charge >= 0.3 is 0 Å². The number of nitrogens with one attached hydrogen (secondary N) is 1. The van der Waals surface area contributed by atoms with Crippen LogP contribution in [-0.4, -0.2) is 12.6 Å². The Labute approximate surface area is 88.7 Å². The topological polar surface area (TPSA) is 12.0 Å². The molecule has 4 atom stereocenters. The largest absolute Gasteiger partial charge is 0.313 e. The summed E-state index contributed by atoms with van der Waals surface area (Å²) < 4.78 is 0. The van der Waals surface area contributed by atoms with Crippen LogP contribution in [0.25, 0.3) is 0 Å². The van der Waals surface area contributed by atoms with Crippen LogP contribution in [0.2, 0.25) is 0 Å². The van der Waals surface area contributed by atoms with Crippen molar-refractivity contribution in [3.05, 3.63) is 0 Å². The van der Waals surface area contributed by atoms with Gasteiger partial charge in [-0.1, -0.05) is 33.1 Å². The molecule has 0 aromatic rings. The predicted octanol–water partition coefficient (Wildman–Crippen LogP) is 3.20. The summed E-state index contributed by atoms with van der Waals surface area (Å²) in [6, 6.07) is 0.849. The smallest absolute Gasteiger partial charge is 0.00953 e. The zero-order chi connectivity index (χ0) is 9.97. The van der Waals surface area contributed by atoms with E-state index >= 15 is 0 Å². The maximum absolute atomic E-state index is 3.81. The molecule has 2 rings (SSSR count). The van der Waals surface area contributed by atoms with Crippen molar-refractivity contribution in [3.63, 3.8) is 0 Å². The average molecular weight is 195 g/mol. The van der Waals surface area contributed by atoms with Crippen molar-refractivity contribution >= 4 is 0 Å². The van der Waals surface area contributed by atoms with Gasteiger partial charge in [-0.25, -0.2) is 0 Å². The van der Waals surface area contributed by atoms with E-state index in [-0.39, 0.29) is 0 Å².